The molecule has 0 aliphatic heterocycles. The van der Waals surface area contributed by atoms with Crippen molar-refractivity contribution in [2.75, 3.05) is 0 Å². The fraction of sp³-hybridized carbons (Fsp3) is 0.0714. The molecular weight excluding hydrogens is 279 g/mol. The molecule has 6 heteroatoms. The third kappa shape index (κ3) is 2.28. The van der Waals surface area contributed by atoms with Crippen LogP contribution >= 0.6 is 11.6 Å². The highest BCUT2D eigenvalue weighted by molar-refractivity contribution is 6.30. The van der Waals surface area contributed by atoms with Gasteiger partial charge in [-0.2, -0.15) is 0 Å². The molecule has 0 fully saturated rings. The number of hydrogen-bond acceptors (Lipinski definition) is 3. The number of rotatable bonds is 2. The van der Waals surface area contributed by atoms with Gasteiger partial charge in [0, 0.05) is 6.20 Å². The van der Waals surface area contributed by atoms with Crippen LogP contribution in [0.4, 0.5) is 15.9 Å². The van der Waals surface area contributed by atoms with E-state index in [-0.39, 0.29) is 5.02 Å². The minimum Gasteiger partial charge on any atom is -0.283 e. The number of azo groups is 1. The normalized spacial score (nSPS) is 11.6. The van der Waals surface area contributed by atoms with Crippen LogP contribution in [0.25, 0.3) is 5.65 Å². The Bertz CT molecular complexity index is 810. The van der Waals surface area contributed by atoms with Crippen molar-refractivity contribution in [3.05, 3.63) is 59.1 Å². The lowest BCUT2D eigenvalue weighted by molar-refractivity contribution is 0.628. The first-order chi connectivity index (χ1) is 9.65. The van der Waals surface area contributed by atoms with Gasteiger partial charge in [-0.1, -0.05) is 17.7 Å². The summed E-state index contributed by atoms with van der Waals surface area (Å²) in [6, 6.07) is 9.89. The predicted molar refractivity (Wildman–Crippen MR) is 75.5 cm³/mol. The van der Waals surface area contributed by atoms with Gasteiger partial charge in [-0.05, 0) is 37.3 Å². The van der Waals surface area contributed by atoms with Crippen LogP contribution in [-0.2, 0) is 0 Å². The minimum atomic E-state index is -0.475. The van der Waals surface area contributed by atoms with Crippen LogP contribution in [0.2, 0.25) is 5.02 Å². The molecule has 3 aromatic rings. The molecule has 4 nitrogen and oxygen atoms in total. The number of pyridine rings is 1. The van der Waals surface area contributed by atoms with E-state index in [1.54, 1.807) is 0 Å². The van der Waals surface area contributed by atoms with Gasteiger partial charge in [-0.15, -0.1) is 10.2 Å². The lowest BCUT2D eigenvalue weighted by Crippen LogP contribution is -1.81. The Balaban J connectivity index is 2.02. The maximum atomic E-state index is 13.1. The van der Waals surface area contributed by atoms with Gasteiger partial charge in [-0.25, -0.2) is 9.37 Å². The molecule has 0 unspecified atom stereocenters. The van der Waals surface area contributed by atoms with E-state index in [2.05, 4.69) is 15.2 Å². The quantitative estimate of drug-likeness (QED) is 0.621. The Morgan fingerprint density at radius 1 is 1.20 bits per heavy atom. The minimum absolute atomic E-state index is 0.0244. The summed E-state index contributed by atoms with van der Waals surface area (Å²) >= 11 is 5.71. The van der Waals surface area contributed by atoms with Crippen molar-refractivity contribution >= 4 is 28.8 Å². The fourth-order valence-corrected chi connectivity index (χ4v) is 2.05. The maximum absolute atomic E-state index is 13.1. The molecule has 0 bridgehead atoms. The van der Waals surface area contributed by atoms with Crippen LogP contribution in [0.15, 0.2) is 52.8 Å². The van der Waals surface area contributed by atoms with Gasteiger partial charge in [0.15, 0.2) is 5.82 Å². The third-order valence-corrected chi connectivity index (χ3v) is 3.13. The van der Waals surface area contributed by atoms with Crippen molar-refractivity contribution in [3.8, 4) is 0 Å². The van der Waals surface area contributed by atoms with Gasteiger partial charge in [-0.3, -0.25) is 4.40 Å². The number of halogens is 2. The summed E-state index contributed by atoms with van der Waals surface area (Å²) in [7, 11) is 0. The van der Waals surface area contributed by atoms with Crippen LogP contribution in [0.3, 0.4) is 0 Å². The van der Waals surface area contributed by atoms with Gasteiger partial charge >= 0.3 is 0 Å². The molecule has 0 aliphatic carbocycles. The summed E-state index contributed by atoms with van der Waals surface area (Å²) in [6.45, 7) is 1.86. The lowest BCUT2D eigenvalue weighted by atomic mass is 10.3. The molecule has 0 aliphatic rings. The number of fused-ring (bicyclic) bond motifs is 1. The van der Waals surface area contributed by atoms with E-state index in [1.165, 1.54) is 18.2 Å². The second kappa shape index (κ2) is 5.02. The largest absolute Gasteiger partial charge is 0.283 e. The monoisotopic (exact) mass is 288 g/mol. The van der Waals surface area contributed by atoms with E-state index in [1.807, 2.05) is 35.7 Å². The highest BCUT2D eigenvalue weighted by Gasteiger charge is 2.07. The molecular formula is C14H10ClFN4. The van der Waals surface area contributed by atoms with Crippen molar-refractivity contribution in [2.45, 2.75) is 6.92 Å². The van der Waals surface area contributed by atoms with Crippen molar-refractivity contribution in [1.29, 1.82) is 0 Å². The van der Waals surface area contributed by atoms with E-state index >= 15 is 0 Å². The van der Waals surface area contributed by atoms with Crippen molar-refractivity contribution in [2.24, 2.45) is 10.2 Å². The number of hydrogen-bond donors (Lipinski definition) is 0. The van der Waals surface area contributed by atoms with Gasteiger partial charge in [0.2, 0.25) is 0 Å². The molecule has 3 rings (SSSR count). The molecule has 0 amide bonds. The van der Waals surface area contributed by atoms with Crippen molar-refractivity contribution in [3.63, 3.8) is 0 Å². The number of benzene rings is 1. The summed E-state index contributed by atoms with van der Waals surface area (Å²) in [6.07, 6.45) is 1.86. The lowest BCUT2D eigenvalue weighted by Gasteiger charge is -1.97. The Morgan fingerprint density at radius 3 is 2.85 bits per heavy atom. The smallest absolute Gasteiger partial charge is 0.182 e. The SMILES string of the molecule is Cc1nc2ccccn2c1N=Nc1ccc(F)c(Cl)c1. The number of nitrogens with zero attached hydrogens (tertiary/aromatic N) is 4. The van der Waals surface area contributed by atoms with E-state index < -0.39 is 5.82 Å². The summed E-state index contributed by atoms with van der Waals surface area (Å²) in [5.41, 5.74) is 2.06. The molecule has 100 valence electrons. The van der Waals surface area contributed by atoms with Crippen molar-refractivity contribution < 1.29 is 4.39 Å². The Morgan fingerprint density at radius 2 is 2.05 bits per heavy atom. The summed E-state index contributed by atoms with van der Waals surface area (Å²) in [5.74, 6) is 0.164. The molecule has 2 aromatic heterocycles. The number of imidazole rings is 1. The average Bonchev–Trinajstić information content (AvgIpc) is 2.76. The molecule has 0 saturated carbocycles. The molecule has 0 spiro atoms. The van der Waals surface area contributed by atoms with Gasteiger partial charge in [0.1, 0.15) is 11.5 Å². The average molecular weight is 289 g/mol. The Hall–Kier alpha value is -2.27. The summed E-state index contributed by atoms with van der Waals surface area (Å²) in [5, 5.41) is 8.28. The maximum Gasteiger partial charge on any atom is 0.182 e. The van der Waals surface area contributed by atoms with Crippen molar-refractivity contribution in [1.82, 2.24) is 9.38 Å². The van der Waals surface area contributed by atoms with E-state index in [4.69, 9.17) is 11.6 Å². The molecule has 1 aromatic carbocycles. The second-order valence-electron chi connectivity index (χ2n) is 4.25. The number of aryl methyl sites for hydroxylation is 1. The molecule has 0 saturated heterocycles. The van der Waals surface area contributed by atoms with E-state index in [0.717, 1.165) is 11.3 Å². The van der Waals surface area contributed by atoms with Gasteiger partial charge in [0.25, 0.3) is 0 Å². The Kier molecular flexibility index (Phi) is 3.20. The number of aromatic nitrogens is 2. The van der Waals surface area contributed by atoms with E-state index in [9.17, 15) is 4.39 Å². The van der Waals surface area contributed by atoms with Gasteiger partial charge in [0.05, 0.1) is 16.4 Å². The Labute approximate surface area is 119 Å². The first-order valence-electron chi connectivity index (χ1n) is 5.95. The summed E-state index contributed by atoms with van der Waals surface area (Å²) < 4.78 is 14.9. The first kappa shape index (κ1) is 12.7. The highest BCUT2D eigenvalue weighted by Crippen LogP contribution is 2.25. The second-order valence-corrected chi connectivity index (χ2v) is 4.66. The zero-order chi connectivity index (χ0) is 14.1. The van der Waals surface area contributed by atoms with E-state index in [0.29, 0.717) is 11.5 Å². The standard InChI is InChI=1S/C14H10ClFN4/c1-9-14(20-7-3-2-4-13(20)17-9)19-18-10-5-6-12(16)11(15)8-10/h2-8H,1H3. The van der Waals surface area contributed by atoms with Crippen LogP contribution in [0.1, 0.15) is 5.69 Å². The molecule has 0 radical (unpaired) electrons. The summed E-state index contributed by atoms with van der Waals surface area (Å²) in [4.78, 5) is 4.38. The van der Waals surface area contributed by atoms with Gasteiger partial charge < -0.3 is 0 Å². The predicted octanol–water partition coefficient (Wildman–Crippen LogP) is 4.85. The zero-order valence-electron chi connectivity index (χ0n) is 10.6. The topological polar surface area (TPSA) is 42.0 Å². The molecule has 0 atom stereocenters. The van der Waals surface area contributed by atoms with Crippen LogP contribution in [-0.4, -0.2) is 9.38 Å². The van der Waals surface area contributed by atoms with Crippen LogP contribution in [0.5, 0.6) is 0 Å². The zero-order valence-corrected chi connectivity index (χ0v) is 11.3. The van der Waals surface area contributed by atoms with Crippen LogP contribution < -0.4 is 0 Å². The molecule has 0 N–H and O–H groups in total. The highest BCUT2D eigenvalue weighted by atomic mass is 35.5. The molecule has 2 heterocycles. The van der Waals surface area contributed by atoms with Crippen LogP contribution in [0, 0.1) is 12.7 Å². The fourth-order valence-electron chi connectivity index (χ4n) is 1.87. The molecule has 20 heavy (non-hydrogen) atoms. The third-order valence-electron chi connectivity index (χ3n) is 2.84. The first-order valence-corrected chi connectivity index (χ1v) is 6.33.